The predicted octanol–water partition coefficient (Wildman–Crippen LogP) is 2.40. The van der Waals surface area contributed by atoms with Crippen molar-refractivity contribution in [2.45, 2.75) is 18.4 Å². The molecule has 1 fully saturated rings. The Labute approximate surface area is 142 Å². The maximum Gasteiger partial charge on any atom is 0.235 e. The molecule has 0 saturated heterocycles. The number of carbonyl (C=O) groups excluding carboxylic acids is 2. The zero-order chi connectivity index (χ0) is 16.9. The molecule has 2 amide bonds. The lowest BCUT2D eigenvalue weighted by Crippen LogP contribution is -2.31. The number of nitrogens with one attached hydrogen (secondary N) is 2. The minimum atomic E-state index is -0.791. The summed E-state index contributed by atoms with van der Waals surface area (Å²) in [4.78, 5) is 28.6. The highest BCUT2D eigenvalue weighted by molar-refractivity contribution is 6.30. The van der Waals surface area contributed by atoms with Crippen LogP contribution in [0.4, 0.5) is 10.1 Å². The lowest BCUT2D eigenvalue weighted by Gasteiger charge is -2.09. The van der Waals surface area contributed by atoms with Gasteiger partial charge < -0.3 is 10.6 Å². The van der Waals surface area contributed by atoms with Gasteiger partial charge in [-0.15, -0.1) is 0 Å². The van der Waals surface area contributed by atoms with Crippen LogP contribution in [0.15, 0.2) is 36.5 Å². The van der Waals surface area contributed by atoms with E-state index in [4.69, 9.17) is 11.6 Å². The molecular formula is C17H13ClFN3O2. The van der Waals surface area contributed by atoms with Gasteiger partial charge in [-0.1, -0.05) is 29.8 Å². The highest BCUT2D eigenvalue weighted by Gasteiger charge is 2.67. The normalized spacial score (nSPS) is 23.8. The Morgan fingerprint density at radius 3 is 3.04 bits per heavy atom. The number of para-hydroxylation sites is 1. The fourth-order valence-corrected chi connectivity index (χ4v) is 3.51. The smallest absolute Gasteiger partial charge is 0.235 e. The van der Waals surface area contributed by atoms with E-state index in [1.54, 1.807) is 0 Å². The largest absolute Gasteiger partial charge is 0.350 e. The zero-order valence-electron chi connectivity index (χ0n) is 12.5. The Kier molecular flexibility index (Phi) is 3.31. The molecule has 2 heterocycles. The van der Waals surface area contributed by atoms with Crippen LogP contribution in [-0.2, 0) is 21.5 Å². The summed E-state index contributed by atoms with van der Waals surface area (Å²) in [6.45, 7) is -0.0684. The van der Waals surface area contributed by atoms with Gasteiger partial charge in [0.1, 0.15) is 0 Å². The molecule has 0 bridgehead atoms. The second-order valence-electron chi connectivity index (χ2n) is 6.00. The second kappa shape index (κ2) is 5.27. The van der Waals surface area contributed by atoms with E-state index in [1.165, 1.54) is 12.3 Å². The Morgan fingerprint density at radius 2 is 2.21 bits per heavy atom. The number of hydrogen-bond donors (Lipinski definition) is 2. The number of benzene rings is 1. The van der Waals surface area contributed by atoms with Crippen LogP contribution in [0.3, 0.4) is 0 Å². The number of hydrogen-bond acceptors (Lipinski definition) is 3. The van der Waals surface area contributed by atoms with Crippen LogP contribution in [0, 0.1) is 11.7 Å². The van der Waals surface area contributed by atoms with Gasteiger partial charge in [-0.25, -0.2) is 4.39 Å². The SMILES string of the molecule is O=C(NCc1nccc(Cl)c1F)C1CC12C(=O)Nc1ccccc12. The average Bonchev–Trinajstić information content (AvgIpc) is 3.26. The highest BCUT2D eigenvalue weighted by Crippen LogP contribution is 2.59. The van der Waals surface area contributed by atoms with Crippen LogP contribution in [-0.4, -0.2) is 16.8 Å². The summed E-state index contributed by atoms with van der Waals surface area (Å²) in [5.74, 6) is -1.55. The molecule has 0 radical (unpaired) electrons. The van der Waals surface area contributed by atoms with Gasteiger partial charge in [0.15, 0.2) is 5.82 Å². The Morgan fingerprint density at radius 1 is 1.42 bits per heavy atom. The monoisotopic (exact) mass is 345 g/mol. The summed E-state index contributed by atoms with van der Waals surface area (Å²) in [5, 5.41) is 5.43. The van der Waals surface area contributed by atoms with Crippen LogP contribution in [0.25, 0.3) is 0 Å². The van der Waals surface area contributed by atoms with Crippen LogP contribution < -0.4 is 10.6 Å². The summed E-state index contributed by atoms with van der Waals surface area (Å²) in [5.41, 5.74) is 0.880. The topological polar surface area (TPSA) is 71.1 Å². The molecule has 2 aromatic rings. The molecule has 2 aliphatic rings. The molecule has 1 aromatic heterocycles. The molecule has 4 rings (SSSR count). The van der Waals surface area contributed by atoms with Crippen molar-refractivity contribution in [3.05, 3.63) is 58.6 Å². The molecule has 2 N–H and O–H groups in total. The predicted molar refractivity (Wildman–Crippen MR) is 85.9 cm³/mol. The van der Waals surface area contributed by atoms with E-state index in [0.717, 1.165) is 11.3 Å². The fourth-order valence-electron chi connectivity index (χ4n) is 3.34. The molecule has 1 aliphatic carbocycles. The number of aromatic nitrogens is 1. The Balaban J connectivity index is 1.50. The van der Waals surface area contributed by atoms with Gasteiger partial charge in [-0.2, -0.15) is 0 Å². The second-order valence-corrected chi connectivity index (χ2v) is 6.41. The number of anilines is 1. The van der Waals surface area contributed by atoms with Crippen molar-refractivity contribution < 1.29 is 14.0 Å². The first-order chi connectivity index (χ1) is 11.5. The van der Waals surface area contributed by atoms with E-state index in [0.29, 0.717) is 6.42 Å². The number of halogens is 2. The van der Waals surface area contributed by atoms with Gasteiger partial charge in [0.2, 0.25) is 11.8 Å². The molecule has 2 unspecified atom stereocenters. The highest BCUT2D eigenvalue weighted by atomic mass is 35.5. The van der Waals surface area contributed by atoms with E-state index < -0.39 is 17.2 Å². The molecule has 24 heavy (non-hydrogen) atoms. The number of fused-ring (bicyclic) bond motifs is 2. The number of carbonyl (C=O) groups is 2. The third-order valence-corrected chi connectivity index (χ3v) is 4.97. The molecule has 1 aromatic carbocycles. The number of rotatable bonds is 3. The van der Waals surface area contributed by atoms with Crippen molar-refractivity contribution in [2.75, 3.05) is 5.32 Å². The summed E-state index contributed by atoms with van der Waals surface area (Å²) in [6.07, 6.45) is 1.83. The fraction of sp³-hybridized carbons (Fsp3) is 0.235. The van der Waals surface area contributed by atoms with Crippen molar-refractivity contribution in [1.29, 1.82) is 0 Å². The van der Waals surface area contributed by atoms with Crippen molar-refractivity contribution in [3.63, 3.8) is 0 Å². The standard InChI is InChI=1S/C17H13ClFN3O2/c18-11-5-6-20-13(14(11)19)8-21-15(23)10-7-17(10)9-3-1-2-4-12(9)22-16(17)24/h1-6,10H,7-8H2,(H,21,23)(H,22,24). The van der Waals surface area contributed by atoms with Gasteiger partial charge in [0, 0.05) is 11.9 Å². The van der Waals surface area contributed by atoms with Crippen LogP contribution in [0.2, 0.25) is 5.02 Å². The minimum Gasteiger partial charge on any atom is -0.350 e. The summed E-state index contributed by atoms with van der Waals surface area (Å²) >= 11 is 5.70. The molecule has 7 heteroatoms. The summed E-state index contributed by atoms with van der Waals surface area (Å²) in [7, 11) is 0. The third kappa shape index (κ3) is 2.10. The number of pyridine rings is 1. The minimum absolute atomic E-state index is 0.0405. The quantitative estimate of drug-likeness (QED) is 0.897. The van der Waals surface area contributed by atoms with Crippen molar-refractivity contribution in [3.8, 4) is 0 Å². The Hall–Kier alpha value is -2.47. The number of amides is 2. The molecule has 122 valence electrons. The van der Waals surface area contributed by atoms with Crippen molar-refractivity contribution in [1.82, 2.24) is 10.3 Å². The van der Waals surface area contributed by atoms with Crippen molar-refractivity contribution >= 4 is 29.1 Å². The first-order valence-electron chi connectivity index (χ1n) is 7.51. The molecule has 1 spiro atoms. The van der Waals surface area contributed by atoms with E-state index in [9.17, 15) is 14.0 Å². The van der Waals surface area contributed by atoms with Crippen LogP contribution in [0.5, 0.6) is 0 Å². The van der Waals surface area contributed by atoms with Crippen LogP contribution >= 0.6 is 11.6 Å². The summed E-state index contributed by atoms with van der Waals surface area (Å²) in [6, 6.07) is 8.71. The lowest BCUT2D eigenvalue weighted by atomic mass is 9.94. The number of nitrogens with zero attached hydrogens (tertiary/aromatic N) is 1. The lowest BCUT2D eigenvalue weighted by molar-refractivity contribution is -0.125. The van der Waals surface area contributed by atoms with E-state index in [1.807, 2.05) is 24.3 Å². The molecule has 5 nitrogen and oxygen atoms in total. The molecule has 2 atom stereocenters. The van der Waals surface area contributed by atoms with Gasteiger partial charge >= 0.3 is 0 Å². The third-order valence-electron chi connectivity index (χ3n) is 4.68. The summed E-state index contributed by atoms with van der Waals surface area (Å²) < 4.78 is 13.8. The van der Waals surface area contributed by atoms with Gasteiger partial charge in [-0.05, 0) is 24.1 Å². The Bertz CT molecular complexity index is 873. The zero-order valence-corrected chi connectivity index (χ0v) is 13.2. The van der Waals surface area contributed by atoms with E-state index in [-0.39, 0.29) is 29.1 Å². The first kappa shape index (κ1) is 15.1. The molecule has 1 aliphatic heterocycles. The average molecular weight is 346 g/mol. The van der Waals surface area contributed by atoms with E-state index in [2.05, 4.69) is 15.6 Å². The van der Waals surface area contributed by atoms with Crippen molar-refractivity contribution in [2.24, 2.45) is 5.92 Å². The van der Waals surface area contributed by atoms with Gasteiger partial charge in [0.05, 0.1) is 28.6 Å². The maximum absolute atomic E-state index is 13.8. The van der Waals surface area contributed by atoms with Gasteiger partial charge in [-0.3, -0.25) is 14.6 Å². The molecule has 1 saturated carbocycles. The first-order valence-corrected chi connectivity index (χ1v) is 7.89. The van der Waals surface area contributed by atoms with Gasteiger partial charge in [0.25, 0.3) is 0 Å². The molecular weight excluding hydrogens is 333 g/mol. The maximum atomic E-state index is 13.8. The van der Waals surface area contributed by atoms with E-state index >= 15 is 0 Å². The van der Waals surface area contributed by atoms with Crippen LogP contribution in [0.1, 0.15) is 17.7 Å².